The second-order valence-corrected chi connectivity index (χ2v) is 14.3. The predicted molar refractivity (Wildman–Crippen MR) is 186 cm³/mol. The Labute approximate surface area is 279 Å². The van der Waals surface area contributed by atoms with Gasteiger partial charge in [-0.05, 0) is 87.8 Å². The van der Waals surface area contributed by atoms with E-state index in [4.69, 9.17) is 19.0 Å². The molecule has 0 spiro atoms. The molecule has 0 radical (unpaired) electrons. The Bertz CT molecular complexity index is 1500. The van der Waals surface area contributed by atoms with E-state index >= 15 is 0 Å². The van der Waals surface area contributed by atoms with Gasteiger partial charge in [0.15, 0.2) is 6.29 Å². The SMILES string of the molecule is CN(C)CC(C)(C)CN(CC(=Cc1ccc(C(=O)NOC2CCCCO2)cc1)COc1cccc2ccccc12)C(=O)OC(C)(C)C. The highest BCUT2D eigenvalue weighted by molar-refractivity contribution is 5.93. The van der Waals surface area contributed by atoms with Gasteiger partial charge in [-0.3, -0.25) is 4.79 Å². The van der Waals surface area contributed by atoms with Gasteiger partial charge < -0.3 is 24.0 Å². The molecule has 1 atom stereocenters. The minimum atomic E-state index is -0.645. The highest BCUT2D eigenvalue weighted by Gasteiger charge is 2.30. The molecule has 0 aromatic heterocycles. The van der Waals surface area contributed by atoms with Crippen molar-refractivity contribution >= 4 is 28.8 Å². The molecule has 1 aliphatic heterocycles. The Morgan fingerprint density at radius 2 is 1.66 bits per heavy atom. The number of carbonyl (C=O) groups is 2. The lowest BCUT2D eigenvalue weighted by Gasteiger charge is -2.36. The zero-order valence-corrected chi connectivity index (χ0v) is 29.0. The van der Waals surface area contributed by atoms with E-state index in [1.54, 1.807) is 17.0 Å². The number of nitrogens with zero attached hydrogens (tertiary/aromatic N) is 2. The number of fused-ring (bicyclic) bond motifs is 1. The Kier molecular flexibility index (Phi) is 12.4. The highest BCUT2D eigenvalue weighted by Crippen LogP contribution is 2.27. The van der Waals surface area contributed by atoms with Gasteiger partial charge in [-0.1, -0.05) is 68.5 Å². The standard InChI is InChI=1S/C38H51N3O6/c1-37(2,3)46-36(43)41(27-38(4,5)26-40(6)7)24-29(25-45-33-16-12-14-30-13-8-9-15-32(30)33)23-28-18-20-31(21-19-28)35(42)39-47-34-17-10-11-22-44-34/h8-9,12-16,18-21,23,34H,10-11,17,22,24-27H2,1-7H3,(H,39,42). The van der Waals surface area contributed by atoms with Crippen LogP contribution in [0.2, 0.25) is 0 Å². The molecule has 47 heavy (non-hydrogen) atoms. The van der Waals surface area contributed by atoms with Gasteiger partial charge in [0, 0.05) is 43.6 Å². The van der Waals surface area contributed by atoms with Crippen molar-refractivity contribution in [1.82, 2.24) is 15.3 Å². The number of carbonyl (C=O) groups excluding carboxylic acids is 2. The Morgan fingerprint density at radius 3 is 2.34 bits per heavy atom. The molecule has 3 aromatic carbocycles. The summed E-state index contributed by atoms with van der Waals surface area (Å²) in [7, 11) is 4.06. The number of benzene rings is 3. The maximum absolute atomic E-state index is 13.6. The number of nitrogens with one attached hydrogen (secondary N) is 1. The molecule has 1 heterocycles. The fourth-order valence-corrected chi connectivity index (χ4v) is 5.75. The van der Waals surface area contributed by atoms with Gasteiger partial charge in [-0.15, -0.1) is 0 Å². The van der Waals surface area contributed by atoms with E-state index in [1.807, 2.05) is 83.4 Å². The molecular weight excluding hydrogens is 594 g/mol. The van der Waals surface area contributed by atoms with Gasteiger partial charge in [0.05, 0.1) is 0 Å². The first-order valence-corrected chi connectivity index (χ1v) is 16.4. The molecule has 1 saturated heterocycles. The maximum Gasteiger partial charge on any atom is 0.410 e. The second kappa shape index (κ2) is 16.3. The first kappa shape index (κ1) is 35.9. The lowest BCUT2D eigenvalue weighted by atomic mass is 9.92. The van der Waals surface area contributed by atoms with E-state index in [1.165, 1.54) is 0 Å². The fraction of sp³-hybridized carbons (Fsp3) is 0.474. The summed E-state index contributed by atoms with van der Waals surface area (Å²) in [6, 6.07) is 21.3. The van der Waals surface area contributed by atoms with Gasteiger partial charge in [0.25, 0.3) is 5.91 Å². The normalized spacial score (nSPS) is 15.8. The minimum absolute atomic E-state index is 0.207. The van der Waals surface area contributed by atoms with Crippen LogP contribution >= 0.6 is 0 Å². The zero-order valence-electron chi connectivity index (χ0n) is 29.0. The average Bonchev–Trinajstić information content (AvgIpc) is 3.01. The lowest BCUT2D eigenvalue weighted by molar-refractivity contribution is -0.186. The molecule has 254 valence electrons. The molecular formula is C38H51N3O6. The minimum Gasteiger partial charge on any atom is -0.489 e. The summed E-state index contributed by atoms with van der Waals surface area (Å²) in [5.74, 6) is 0.424. The topological polar surface area (TPSA) is 89.6 Å². The van der Waals surface area contributed by atoms with Gasteiger partial charge >= 0.3 is 6.09 Å². The third-order valence-electron chi connectivity index (χ3n) is 7.54. The smallest absolute Gasteiger partial charge is 0.410 e. The molecule has 1 aliphatic rings. The molecule has 9 heteroatoms. The number of hydroxylamine groups is 1. The maximum atomic E-state index is 13.6. The van der Waals surface area contributed by atoms with Crippen LogP contribution in [-0.4, -0.2) is 80.6 Å². The molecule has 1 N–H and O–H groups in total. The predicted octanol–water partition coefficient (Wildman–Crippen LogP) is 7.32. The molecule has 0 aliphatic carbocycles. The molecule has 1 fully saturated rings. The first-order valence-electron chi connectivity index (χ1n) is 16.4. The van der Waals surface area contributed by atoms with Gasteiger partial charge in [-0.2, -0.15) is 0 Å². The van der Waals surface area contributed by atoms with Crippen LogP contribution < -0.4 is 10.2 Å². The van der Waals surface area contributed by atoms with Crippen LogP contribution in [0.5, 0.6) is 5.75 Å². The number of rotatable bonds is 13. The van der Waals surface area contributed by atoms with E-state index in [0.29, 0.717) is 25.3 Å². The van der Waals surface area contributed by atoms with Crippen LogP contribution in [0, 0.1) is 5.41 Å². The number of hydrogen-bond acceptors (Lipinski definition) is 7. The molecule has 9 nitrogen and oxygen atoms in total. The van der Waals surface area contributed by atoms with Crippen LogP contribution in [-0.2, 0) is 14.3 Å². The average molecular weight is 646 g/mol. The van der Waals surface area contributed by atoms with Crippen molar-refractivity contribution in [3.8, 4) is 5.75 Å². The van der Waals surface area contributed by atoms with Crippen molar-refractivity contribution < 1.29 is 28.6 Å². The third-order valence-corrected chi connectivity index (χ3v) is 7.54. The first-order chi connectivity index (χ1) is 22.3. The number of ether oxygens (including phenoxy) is 3. The summed E-state index contributed by atoms with van der Waals surface area (Å²) < 4.78 is 17.8. The van der Waals surface area contributed by atoms with Crippen LogP contribution in [0.3, 0.4) is 0 Å². The van der Waals surface area contributed by atoms with Crippen LogP contribution in [0.1, 0.15) is 69.8 Å². The van der Waals surface area contributed by atoms with Crippen molar-refractivity contribution in [3.05, 3.63) is 83.4 Å². The Balaban J connectivity index is 1.59. The summed E-state index contributed by atoms with van der Waals surface area (Å²) in [5, 5.41) is 2.10. The number of hydrogen-bond donors (Lipinski definition) is 1. The number of amides is 2. The van der Waals surface area contributed by atoms with Crippen LogP contribution in [0.25, 0.3) is 16.8 Å². The zero-order chi connectivity index (χ0) is 34.0. The van der Waals surface area contributed by atoms with Crippen molar-refractivity contribution in [2.45, 2.75) is 65.8 Å². The summed E-state index contributed by atoms with van der Waals surface area (Å²) in [6.45, 7) is 12.4. The summed E-state index contributed by atoms with van der Waals surface area (Å²) >= 11 is 0. The van der Waals surface area contributed by atoms with Gasteiger partial charge in [-0.25, -0.2) is 15.1 Å². The lowest BCUT2D eigenvalue weighted by Crippen LogP contribution is -2.46. The largest absolute Gasteiger partial charge is 0.489 e. The monoisotopic (exact) mass is 645 g/mol. The molecule has 4 rings (SSSR count). The van der Waals surface area contributed by atoms with Crippen molar-refractivity contribution in [1.29, 1.82) is 0 Å². The van der Waals surface area contributed by atoms with Crippen molar-refractivity contribution in [3.63, 3.8) is 0 Å². The van der Waals surface area contributed by atoms with Crippen molar-refractivity contribution in [2.75, 3.05) is 46.9 Å². The molecule has 1 unspecified atom stereocenters. The van der Waals surface area contributed by atoms with Crippen LogP contribution in [0.4, 0.5) is 4.79 Å². The van der Waals surface area contributed by atoms with E-state index in [-0.39, 0.29) is 24.0 Å². The van der Waals surface area contributed by atoms with Crippen molar-refractivity contribution in [2.24, 2.45) is 5.41 Å². The second-order valence-electron chi connectivity index (χ2n) is 14.3. The Morgan fingerprint density at radius 1 is 0.936 bits per heavy atom. The van der Waals surface area contributed by atoms with Gasteiger partial charge in [0.1, 0.15) is 18.0 Å². The van der Waals surface area contributed by atoms with Gasteiger partial charge in [0.2, 0.25) is 0 Å². The van der Waals surface area contributed by atoms with Crippen LogP contribution in [0.15, 0.2) is 72.3 Å². The molecule has 2 amide bonds. The van der Waals surface area contributed by atoms with E-state index in [2.05, 4.69) is 36.4 Å². The quantitative estimate of drug-likeness (QED) is 0.195. The molecule has 0 bridgehead atoms. The fourth-order valence-electron chi connectivity index (χ4n) is 5.75. The molecule has 0 saturated carbocycles. The summed E-state index contributed by atoms with van der Waals surface area (Å²) in [6.07, 6.45) is 3.97. The third kappa shape index (κ3) is 11.7. The molecule has 3 aromatic rings. The highest BCUT2D eigenvalue weighted by atomic mass is 16.8. The van der Waals surface area contributed by atoms with E-state index in [0.717, 1.165) is 53.5 Å². The van der Waals surface area contributed by atoms with E-state index < -0.39 is 11.9 Å². The summed E-state index contributed by atoms with van der Waals surface area (Å²) in [4.78, 5) is 35.7. The van der Waals surface area contributed by atoms with E-state index in [9.17, 15) is 9.59 Å². The Hall–Kier alpha value is -3.92. The summed E-state index contributed by atoms with van der Waals surface area (Å²) in [5.41, 5.74) is 3.87.